The van der Waals surface area contributed by atoms with Gasteiger partial charge in [-0.2, -0.15) is 0 Å². The Kier molecular flexibility index (Phi) is 3.80. The number of fused-ring (bicyclic) bond motifs is 1. The van der Waals surface area contributed by atoms with E-state index in [-0.39, 0.29) is 12.5 Å². The van der Waals surface area contributed by atoms with Crippen LogP contribution in [0.3, 0.4) is 0 Å². The van der Waals surface area contributed by atoms with Gasteiger partial charge < -0.3 is 14.7 Å². The van der Waals surface area contributed by atoms with Gasteiger partial charge in [0.1, 0.15) is 18.4 Å². The zero-order valence-electron chi connectivity index (χ0n) is 12.7. The number of para-hydroxylation sites is 2. The molecule has 0 radical (unpaired) electrons. The molecule has 1 aliphatic heterocycles. The van der Waals surface area contributed by atoms with Gasteiger partial charge in [0.05, 0.1) is 5.69 Å². The summed E-state index contributed by atoms with van der Waals surface area (Å²) in [5.41, 5.74) is -0.0587. The van der Waals surface area contributed by atoms with Crippen LogP contribution in [-0.2, 0) is 4.79 Å². The van der Waals surface area contributed by atoms with E-state index in [2.05, 4.69) is 0 Å². The summed E-state index contributed by atoms with van der Waals surface area (Å²) in [7, 11) is 1.63. The third-order valence-electron chi connectivity index (χ3n) is 3.48. The minimum absolute atomic E-state index is 0.00373. The van der Waals surface area contributed by atoms with Crippen LogP contribution < -0.4 is 9.64 Å². The van der Waals surface area contributed by atoms with Gasteiger partial charge in [0.25, 0.3) is 5.91 Å². The Balaban J connectivity index is 2.41. The molecule has 1 aromatic rings. The van der Waals surface area contributed by atoms with E-state index in [1.165, 1.54) is 4.90 Å². The Labute approximate surface area is 123 Å². The first-order valence-corrected chi connectivity index (χ1v) is 6.75. The molecule has 1 aliphatic rings. The number of carbonyl (C=O) groups excluding carboxylic acids is 1. The molecule has 0 aromatic heterocycles. The predicted molar refractivity (Wildman–Crippen MR) is 78.8 cm³/mol. The van der Waals surface area contributed by atoms with Crippen LogP contribution in [0.1, 0.15) is 20.8 Å². The lowest BCUT2D eigenvalue weighted by Crippen LogP contribution is -2.58. The molecule has 21 heavy (non-hydrogen) atoms. The Morgan fingerprint density at radius 3 is 2.57 bits per heavy atom. The standard InChI is InChI=1S/C15H20N2O4/c1-15(2,3)17(14(19)20)11-9-21-12-8-6-5-7-10(12)16(4)13(11)18/h5-8,11H,9H2,1-4H3,(H,19,20)/t11-/m0/s1. The van der Waals surface area contributed by atoms with Crippen molar-refractivity contribution in [2.24, 2.45) is 0 Å². The number of carboxylic acid groups (broad SMARTS) is 1. The largest absolute Gasteiger partial charge is 0.489 e. The van der Waals surface area contributed by atoms with Gasteiger partial charge in [0.15, 0.2) is 0 Å². The third-order valence-corrected chi connectivity index (χ3v) is 3.48. The van der Waals surface area contributed by atoms with Crippen molar-refractivity contribution in [3.8, 4) is 5.75 Å². The molecule has 0 bridgehead atoms. The second-order valence-electron chi connectivity index (χ2n) is 6.02. The maximum atomic E-state index is 12.6. The fraction of sp³-hybridized carbons (Fsp3) is 0.467. The number of anilines is 1. The monoisotopic (exact) mass is 292 g/mol. The lowest BCUT2D eigenvalue weighted by Gasteiger charge is -2.38. The Bertz CT molecular complexity index is 565. The van der Waals surface area contributed by atoms with Crippen LogP contribution in [0, 0.1) is 0 Å². The van der Waals surface area contributed by atoms with Gasteiger partial charge >= 0.3 is 6.09 Å². The number of amides is 2. The Morgan fingerprint density at radius 1 is 1.38 bits per heavy atom. The minimum Gasteiger partial charge on any atom is -0.489 e. The van der Waals surface area contributed by atoms with Crippen LogP contribution in [0.15, 0.2) is 24.3 Å². The summed E-state index contributed by atoms with van der Waals surface area (Å²) in [6, 6.07) is 6.29. The lowest BCUT2D eigenvalue weighted by molar-refractivity contribution is -0.125. The van der Waals surface area contributed by atoms with Gasteiger partial charge in [0.2, 0.25) is 0 Å². The fourth-order valence-electron chi connectivity index (χ4n) is 2.51. The Morgan fingerprint density at radius 2 is 2.00 bits per heavy atom. The molecule has 0 fully saturated rings. The van der Waals surface area contributed by atoms with Crippen molar-refractivity contribution in [2.45, 2.75) is 32.4 Å². The van der Waals surface area contributed by atoms with Crippen LogP contribution in [0.25, 0.3) is 0 Å². The first-order chi connectivity index (χ1) is 9.73. The molecular weight excluding hydrogens is 272 g/mol. The van der Waals surface area contributed by atoms with E-state index in [9.17, 15) is 14.7 Å². The smallest absolute Gasteiger partial charge is 0.408 e. The van der Waals surface area contributed by atoms with Crippen molar-refractivity contribution < 1.29 is 19.4 Å². The number of carbonyl (C=O) groups is 2. The normalized spacial score (nSPS) is 18.6. The number of rotatable bonds is 1. The van der Waals surface area contributed by atoms with Gasteiger partial charge in [-0.05, 0) is 32.9 Å². The molecule has 114 valence electrons. The van der Waals surface area contributed by atoms with Crippen molar-refractivity contribution in [1.82, 2.24) is 4.90 Å². The number of benzene rings is 1. The quantitative estimate of drug-likeness (QED) is 0.861. The zero-order chi connectivity index (χ0) is 15.8. The molecule has 1 aromatic carbocycles. The van der Waals surface area contributed by atoms with Gasteiger partial charge in [-0.25, -0.2) is 4.79 Å². The highest BCUT2D eigenvalue weighted by Gasteiger charge is 2.41. The molecule has 0 saturated heterocycles. The molecule has 0 unspecified atom stereocenters. The highest BCUT2D eigenvalue weighted by atomic mass is 16.5. The number of likely N-dealkylation sites (N-methyl/N-ethyl adjacent to an activating group) is 1. The molecule has 6 heteroatoms. The summed E-state index contributed by atoms with van der Waals surface area (Å²) in [6.07, 6.45) is -1.14. The van der Waals surface area contributed by atoms with E-state index < -0.39 is 17.7 Å². The number of hydrogen-bond acceptors (Lipinski definition) is 3. The second-order valence-corrected chi connectivity index (χ2v) is 6.02. The minimum atomic E-state index is -1.14. The maximum absolute atomic E-state index is 12.6. The van der Waals surface area contributed by atoms with E-state index in [0.29, 0.717) is 11.4 Å². The summed E-state index contributed by atoms with van der Waals surface area (Å²) < 4.78 is 5.66. The summed E-state index contributed by atoms with van der Waals surface area (Å²) in [5.74, 6) is 0.285. The highest BCUT2D eigenvalue weighted by molar-refractivity contribution is 6.00. The van der Waals surface area contributed by atoms with Crippen molar-refractivity contribution in [1.29, 1.82) is 0 Å². The van der Waals surface area contributed by atoms with Crippen LogP contribution in [0.5, 0.6) is 5.75 Å². The molecule has 0 spiro atoms. The van der Waals surface area contributed by atoms with E-state index >= 15 is 0 Å². The zero-order valence-corrected chi connectivity index (χ0v) is 12.7. The van der Waals surface area contributed by atoms with Gasteiger partial charge in [-0.1, -0.05) is 12.1 Å². The number of ether oxygens (including phenoxy) is 1. The van der Waals surface area contributed by atoms with Crippen molar-refractivity contribution in [3.63, 3.8) is 0 Å². The average molecular weight is 292 g/mol. The SMILES string of the molecule is CN1C(=O)[C@@H](N(C(=O)O)C(C)(C)C)COc2ccccc21. The van der Waals surface area contributed by atoms with E-state index in [0.717, 1.165) is 4.90 Å². The molecule has 1 atom stereocenters. The van der Waals surface area contributed by atoms with E-state index in [1.54, 1.807) is 40.0 Å². The van der Waals surface area contributed by atoms with Crippen LogP contribution in [-0.4, -0.2) is 47.2 Å². The molecule has 1 heterocycles. The van der Waals surface area contributed by atoms with Crippen molar-refractivity contribution >= 4 is 17.7 Å². The lowest BCUT2D eigenvalue weighted by atomic mass is 10.0. The first kappa shape index (κ1) is 15.2. The molecule has 6 nitrogen and oxygen atoms in total. The third kappa shape index (κ3) is 2.79. The van der Waals surface area contributed by atoms with E-state index in [1.807, 2.05) is 12.1 Å². The van der Waals surface area contributed by atoms with Crippen molar-refractivity contribution in [2.75, 3.05) is 18.6 Å². The molecule has 2 rings (SSSR count). The molecular formula is C15H20N2O4. The molecule has 0 saturated carbocycles. The highest BCUT2D eigenvalue weighted by Crippen LogP contribution is 2.32. The summed E-state index contributed by atoms with van der Waals surface area (Å²) in [4.78, 5) is 26.8. The topological polar surface area (TPSA) is 70.1 Å². The summed E-state index contributed by atoms with van der Waals surface area (Å²) in [6.45, 7) is 5.27. The van der Waals surface area contributed by atoms with Gasteiger partial charge in [0, 0.05) is 12.6 Å². The summed E-state index contributed by atoms with van der Waals surface area (Å²) in [5, 5.41) is 9.47. The maximum Gasteiger partial charge on any atom is 0.408 e. The first-order valence-electron chi connectivity index (χ1n) is 6.75. The predicted octanol–water partition coefficient (Wildman–Crippen LogP) is 2.19. The molecule has 0 aliphatic carbocycles. The number of nitrogens with zero attached hydrogens (tertiary/aromatic N) is 2. The number of hydrogen-bond donors (Lipinski definition) is 1. The second kappa shape index (κ2) is 5.27. The van der Waals surface area contributed by atoms with Gasteiger partial charge in [-0.15, -0.1) is 0 Å². The fourth-order valence-corrected chi connectivity index (χ4v) is 2.51. The molecule has 1 N–H and O–H groups in total. The summed E-state index contributed by atoms with van der Waals surface area (Å²) >= 11 is 0. The van der Waals surface area contributed by atoms with Gasteiger partial charge in [-0.3, -0.25) is 9.69 Å². The van der Waals surface area contributed by atoms with Crippen LogP contribution in [0.2, 0.25) is 0 Å². The molecule has 2 amide bonds. The van der Waals surface area contributed by atoms with E-state index in [4.69, 9.17) is 4.74 Å². The average Bonchev–Trinajstić information content (AvgIpc) is 2.50. The van der Waals surface area contributed by atoms with Crippen LogP contribution in [0.4, 0.5) is 10.5 Å². The van der Waals surface area contributed by atoms with Crippen molar-refractivity contribution in [3.05, 3.63) is 24.3 Å². The van der Waals surface area contributed by atoms with Crippen LogP contribution >= 0.6 is 0 Å². The Hall–Kier alpha value is -2.24.